The third-order valence-corrected chi connectivity index (χ3v) is 4.34. The first-order valence-corrected chi connectivity index (χ1v) is 8.00. The molecule has 0 aromatic heterocycles. The average Bonchev–Trinajstić information content (AvgIpc) is 2.76. The number of nitrogens with zero attached hydrogens (tertiary/aromatic N) is 2. The maximum Gasteiger partial charge on any atom is 0.146 e. The van der Waals surface area contributed by atoms with Crippen LogP contribution in [0.3, 0.4) is 0 Å². The predicted molar refractivity (Wildman–Crippen MR) is 97.5 cm³/mol. The number of benzene rings is 2. The normalized spacial score (nSPS) is 14.0. The molecule has 1 aliphatic rings. The van der Waals surface area contributed by atoms with E-state index in [4.69, 9.17) is 11.6 Å². The summed E-state index contributed by atoms with van der Waals surface area (Å²) in [6.07, 6.45) is 0. The van der Waals surface area contributed by atoms with Crippen LogP contribution >= 0.6 is 11.6 Å². The van der Waals surface area contributed by atoms with E-state index in [-0.39, 0.29) is 5.41 Å². The first kappa shape index (κ1) is 15.8. The fourth-order valence-electron chi connectivity index (χ4n) is 2.89. The van der Waals surface area contributed by atoms with E-state index in [9.17, 15) is 5.11 Å². The molecule has 122 valence electrons. The number of aryl methyl sites for hydroxylation is 1. The number of rotatable bonds is 1. The molecule has 2 aromatic carbocycles. The van der Waals surface area contributed by atoms with Crippen molar-refractivity contribution >= 4 is 28.7 Å². The van der Waals surface area contributed by atoms with Crippen molar-refractivity contribution < 1.29 is 5.11 Å². The molecule has 0 amide bonds. The highest BCUT2D eigenvalue weighted by atomic mass is 35.5. The van der Waals surface area contributed by atoms with Crippen LogP contribution in [0.5, 0.6) is 5.75 Å². The smallest absolute Gasteiger partial charge is 0.146 e. The van der Waals surface area contributed by atoms with E-state index in [0.29, 0.717) is 10.8 Å². The van der Waals surface area contributed by atoms with Gasteiger partial charge in [-0.05, 0) is 42.2 Å². The zero-order valence-electron chi connectivity index (χ0n) is 14.1. The number of hydrogen-bond acceptors (Lipinski definition) is 4. The van der Waals surface area contributed by atoms with E-state index in [0.717, 1.165) is 28.2 Å². The van der Waals surface area contributed by atoms with Crippen LogP contribution in [-0.4, -0.2) is 12.2 Å². The summed E-state index contributed by atoms with van der Waals surface area (Å²) in [4.78, 5) is 0. The summed E-state index contributed by atoms with van der Waals surface area (Å²) in [6, 6.07) is 9.71. The van der Waals surface area contributed by atoms with Gasteiger partial charge in [0.05, 0.1) is 11.4 Å². The first-order valence-electron chi connectivity index (χ1n) is 7.62. The lowest BCUT2D eigenvalue weighted by molar-refractivity contribution is 0.446. The molecular formula is C18H22ClN3O. The van der Waals surface area contributed by atoms with E-state index in [1.807, 2.05) is 54.4 Å². The molecule has 0 saturated heterocycles. The average molecular weight is 332 g/mol. The maximum atomic E-state index is 10.8. The quantitative estimate of drug-likeness (QED) is 0.783. The molecule has 0 atom stereocenters. The fraction of sp³-hybridized carbons (Fsp3) is 0.333. The highest BCUT2D eigenvalue weighted by molar-refractivity contribution is 6.31. The molecule has 0 radical (unpaired) electrons. The summed E-state index contributed by atoms with van der Waals surface area (Å²) in [5.74, 6) is 0.293. The number of aromatic hydroxyl groups is 1. The van der Waals surface area contributed by atoms with Crippen molar-refractivity contribution in [2.24, 2.45) is 0 Å². The Morgan fingerprint density at radius 3 is 2.43 bits per heavy atom. The summed E-state index contributed by atoms with van der Waals surface area (Å²) in [6.45, 7) is 8.33. The summed E-state index contributed by atoms with van der Waals surface area (Å²) >= 11 is 6.08. The molecule has 1 heterocycles. The first-order chi connectivity index (χ1) is 10.7. The second-order valence-corrected chi connectivity index (χ2v) is 7.48. The van der Waals surface area contributed by atoms with Crippen LogP contribution in [-0.2, 0) is 5.41 Å². The highest BCUT2D eigenvalue weighted by Gasteiger charge is 2.29. The highest BCUT2D eigenvalue weighted by Crippen LogP contribution is 2.43. The summed E-state index contributed by atoms with van der Waals surface area (Å²) in [7, 11) is 1.95. The lowest BCUT2D eigenvalue weighted by Gasteiger charge is -2.31. The number of hydrazine groups is 2. The van der Waals surface area contributed by atoms with Gasteiger partial charge in [0.25, 0.3) is 0 Å². The van der Waals surface area contributed by atoms with Gasteiger partial charge in [0, 0.05) is 17.6 Å². The molecule has 0 fully saturated rings. The van der Waals surface area contributed by atoms with Gasteiger partial charge in [-0.15, -0.1) is 0 Å². The van der Waals surface area contributed by atoms with Gasteiger partial charge >= 0.3 is 0 Å². The summed E-state index contributed by atoms with van der Waals surface area (Å²) in [5.41, 5.74) is 7.84. The van der Waals surface area contributed by atoms with E-state index in [1.165, 1.54) is 0 Å². The Bertz CT molecular complexity index is 768. The number of fused-ring (bicyclic) bond motifs is 1. The summed E-state index contributed by atoms with van der Waals surface area (Å²) in [5, 5.41) is 15.3. The number of anilines is 3. The standard InChI is InChI=1S/C18H22ClN3O/c1-11-8-13(18(2,3)4)17(23)16(9-11)22-20-14-10-12(19)6-7-15(14)21(22)5/h6-10,20,23H,1-5H3. The van der Waals surface area contributed by atoms with E-state index < -0.39 is 0 Å². The molecule has 23 heavy (non-hydrogen) atoms. The van der Waals surface area contributed by atoms with Gasteiger partial charge in [0.15, 0.2) is 0 Å². The van der Waals surface area contributed by atoms with Gasteiger partial charge in [-0.2, -0.15) is 5.12 Å². The number of phenolic OH excluding ortho intramolecular Hbond substituents is 1. The van der Waals surface area contributed by atoms with Gasteiger partial charge < -0.3 is 5.11 Å². The minimum absolute atomic E-state index is 0.140. The molecule has 3 rings (SSSR count). The number of hydrogen-bond donors (Lipinski definition) is 2. The monoisotopic (exact) mass is 331 g/mol. The van der Waals surface area contributed by atoms with Gasteiger partial charge in [-0.1, -0.05) is 38.4 Å². The Hall–Kier alpha value is -2.07. The second-order valence-electron chi connectivity index (χ2n) is 7.04. The van der Waals surface area contributed by atoms with Crippen molar-refractivity contribution in [3.63, 3.8) is 0 Å². The molecule has 4 nitrogen and oxygen atoms in total. The Morgan fingerprint density at radius 2 is 1.78 bits per heavy atom. The number of halogens is 1. The SMILES string of the molecule is Cc1cc(N2Nc3cc(Cl)ccc3N2C)c(O)c(C(C)(C)C)c1. The van der Waals surface area contributed by atoms with Crippen LogP contribution in [0.15, 0.2) is 30.3 Å². The van der Waals surface area contributed by atoms with Gasteiger partial charge in [-0.3, -0.25) is 10.4 Å². The van der Waals surface area contributed by atoms with Crippen LogP contribution < -0.4 is 15.6 Å². The molecule has 0 saturated carbocycles. The topological polar surface area (TPSA) is 38.7 Å². The molecule has 1 aliphatic heterocycles. The molecule has 2 N–H and O–H groups in total. The van der Waals surface area contributed by atoms with E-state index in [1.54, 1.807) is 0 Å². The minimum atomic E-state index is -0.140. The van der Waals surface area contributed by atoms with Gasteiger partial charge in [0.2, 0.25) is 0 Å². The predicted octanol–water partition coefficient (Wildman–Crippen LogP) is 4.85. The van der Waals surface area contributed by atoms with Crippen LogP contribution in [0, 0.1) is 6.92 Å². The van der Waals surface area contributed by atoms with Crippen LogP contribution in [0.25, 0.3) is 0 Å². The summed E-state index contributed by atoms with van der Waals surface area (Å²) < 4.78 is 0. The lowest BCUT2D eigenvalue weighted by atomic mass is 9.85. The molecule has 0 spiro atoms. The number of phenols is 1. The molecule has 0 unspecified atom stereocenters. The third kappa shape index (κ3) is 2.68. The van der Waals surface area contributed by atoms with Crippen LogP contribution in [0.1, 0.15) is 31.9 Å². The molecule has 5 heteroatoms. The second kappa shape index (κ2) is 5.24. The Morgan fingerprint density at radius 1 is 1.09 bits per heavy atom. The maximum absolute atomic E-state index is 10.8. The lowest BCUT2D eigenvalue weighted by Crippen LogP contribution is -2.39. The van der Waals surface area contributed by atoms with Crippen LogP contribution in [0.2, 0.25) is 5.02 Å². The van der Waals surface area contributed by atoms with Crippen molar-refractivity contribution in [1.29, 1.82) is 0 Å². The zero-order chi connectivity index (χ0) is 16.9. The molecular weight excluding hydrogens is 310 g/mol. The Kier molecular flexibility index (Phi) is 3.60. The molecule has 0 bridgehead atoms. The largest absolute Gasteiger partial charge is 0.505 e. The van der Waals surface area contributed by atoms with Crippen molar-refractivity contribution in [1.82, 2.24) is 0 Å². The van der Waals surface area contributed by atoms with Crippen LogP contribution in [0.4, 0.5) is 17.1 Å². The van der Waals surface area contributed by atoms with Crippen molar-refractivity contribution in [2.75, 3.05) is 22.6 Å². The van der Waals surface area contributed by atoms with Gasteiger partial charge in [0.1, 0.15) is 11.4 Å². The molecule has 2 aromatic rings. The number of nitrogens with one attached hydrogen (secondary N) is 1. The van der Waals surface area contributed by atoms with E-state index in [2.05, 4.69) is 26.2 Å². The fourth-order valence-corrected chi connectivity index (χ4v) is 3.06. The zero-order valence-corrected chi connectivity index (χ0v) is 14.9. The Labute approximate surface area is 142 Å². The van der Waals surface area contributed by atoms with Crippen molar-refractivity contribution in [3.05, 3.63) is 46.5 Å². The van der Waals surface area contributed by atoms with Gasteiger partial charge in [-0.25, -0.2) is 0 Å². The van der Waals surface area contributed by atoms with Crippen molar-refractivity contribution in [2.45, 2.75) is 33.1 Å². The van der Waals surface area contributed by atoms with E-state index >= 15 is 0 Å². The molecule has 0 aliphatic carbocycles. The van der Waals surface area contributed by atoms with Crippen molar-refractivity contribution in [3.8, 4) is 5.75 Å². The Balaban J connectivity index is 2.09. The third-order valence-electron chi connectivity index (χ3n) is 4.10. The minimum Gasteiger partial charge on any atom is -0.505 e.